The van der Waals surface area contributed by atoms with Gasteiger partial charge in [0.15, 0.2) is 5.82 Å². The highest BCUT2D eigenvalue weighted by atomic mass is 32.1. The number of carbonyl (C=O) groups excluding carboxylic acids is 1. The number of rotatable bonds is 7. The van der Waals surface area contributed by atoms with E-state index in [1.165, 1.54) is 23.0 Å². The van der Waals surface area contributed by atoms with Crippen LogP contribution in [0.5, 0.6) is 5.75 Å². The Kier molecular flexibility index (Phi) is 6.08. The van der Waals surface area contributed by atoms with Gasteiger partial charge in [0.05, 0.1) is 23.8 Å². The second-order valence-corrected chi connectivity index (χ2v) is 7.89. The lowest BCUT2D eigenvalue weighted by Crippen LogP contribution is -2.23. The Labute approximate surface area is 182 Å². The Bertz CT molecular complexity index is 1310. The molecule has 2 aromatic carbocycles. The Morgan fingerprint density at radius 1 is 1.13 bits per heavy atom. The highest BCUT2D eigenvalue weighted by molar-refractivity contribution is 7.15. The van der Waals surface area contributed by atoms with Gasteiger partial charge in [-0.15, -0.1) is 5.10 Å². The van der Waals surface area contributed by atoms with Crippen LogP contribution in [0.3, 0.4) is 0 Å². The predicted molar refractivity (Wildman–Crippen MR) is 120 cm³/mol. The molecule has 2 heterocycles. The lowest BCUT2D eigenvalue weighted by Gasteiger charge is -2.05. The first-order valence-corrected chi connectivity index (χ1v) is 10.7. The van der Waals surface area contributed by atoms with Crippen LogP contribution in [0, 0.1) is 0 Å². The number of ether oxygens (including phenoxy) is 2. The van der Waals surface area contributed by atoms with Gasteiger partial charge in [0, 0.05) is 5.56 Å². The molecule has 0 spiro atoms. The van der Waals surface area contributed by atoms with Gasteiger partial charge in [0.1, 0.15) is 5.75 Å². The normalized spacial score (nSPS) is 11.7. The van der Waals surface area contributed by atoms with Crippen molar-refractivity contribution < 1.29 is 14.3 Å². The van der Waals surface area contributed by atoms with E-state index in [9.17, 15) is 9.59 Å². The number of esters is 1. The van der Waals surface area contributed by atoms with Crippen LogP contribution in [-0.4, -0.2) is 34.3 Å². The van der Waals surface area contributed by atoms with Gasteiger partial charge in [-0.3, -0.25) is 4.79 Å². The Morgan fingerprint density at radius 2 is 1.87 bits per heavy atom. The van der Waals surface area contributed by atoms with Crippen molar-refractivity contribution in [2.75, 3.05) is 13.7 Å². The van der Waals surface area contributed by atoms with Gasteiger partial charge >= 0.3 is 5.97 Å². The summed E-state index contributed by atoms with van der Waals surface area (Å²) in [6, 6.07) is 14.4. The third-order valence-electron chi connectivity index (χ3n) is 4.69. The fourth-order valence-electron chi connectivity index (χ4n) is 2.98. The minimum Gasteiger partial charge on any atom is -0.494 e. The number of unbranched alkanes of at least 4 members (excludes halogenated alkanes) is 1. The lowest BCUT2D eigenvalue weighted by atomic mass is 10.1. The molecule has 31 heavy (non-hydrogen) atoms. The summed E-state index contributed by atoms with van der Waals surface area (Å²) in [5.41, 5.74) is 1.85. The average Bonchev–Trinajstić information content (AvgIpc) is 3.34. The van der Waals surface area contributed by atoms with Crippen molar-refractivity contribution in [3.8, 4) is 17.1 Å². The minimum atomic E-state index is -0.400. The summed E-state index contributed by atoms with van der Waals surface area (Å²) >= 11 is 1.27. The zero-order valence-electron chi connectivity index (χ0n) is 17.2. The molecule has 7 nitrogen and oxygen atoms in total. The number of carbonyl (C=O) groups is 1. The highest BCUT2D eigenvalue weighted by Gasteiger charge is 2.12. The maximum atomic E-state index is 12.7. The summed E-state index contributed by atoms with van der Waals surface area (Å²) in [4.78, 5) is 29.3. The smallest absolute Gasteiger partial charge is 0.337 e. The molecule has 0 aliphatic rings. The van der Waals surface area contributed by atoms with E-state index in [-0.39, 0.29) is 5.56 Å². The van der Waals surface area contributed by atoms with E-state index in [2.05, 4.69) is 17.0 Å². The van der Waals surface area contributed by atoms with E-state index in [4.69, 9.17) is 9.47 Å². The van der Waals surface area contributed by atoms with Crippen LogP contribution in [0.25, 0.3) is 22.4 Å². The third-order valence-corrected chi connectivity index (χ3v) is 5.65. The molecule has 0 radical (unpaired) electrons. The number of thiazole rings is 1. The molecule has 0 unspecified atom stereocenters. The number of fused-ring (bicyclic) bond motifs is 1. The fraction of sp³-hybridized carbons (Fsp3) is 0.217. The third kappa shape index (κ3) is 4.49. The van der Waals surface area contributed by atoms with E-state index in [1.54, 1.807) is 30.3 Å². The molecule has 0 aliphatic carbocycles. The first kappa shape index (κ1) is 20.7. The number of hydrogen-bond donors (Lipinski definition) is 0. The average molecular weight is 436 g/mol. The molecule has 0 amide bonds. The van der Waals surface area contributed by atoms with E-state index in [1.807, 2.05) is 24.3 Å². The zero-order valence-corrected chi connectivity index (χ0v) is 18.0. The number of benzene rings is 2. The Balaban J connectivity index is 1.57. The molecular formula is C23H21N3O4S. The molecule has 2 aromatic heterocycles. The zero-order chi connectivity index (χ0) is 21.8. The maximum Gasteiger partial charge on any atom is 0.337 e. The van der Waals surface area contributed by atoms with Crippen LogP contribution >= 0.6 is 11.3 Å². The largest absolute Gasteiger partial charge is 0.494 e. The van der Waals surface area contributed by atoms with E-state index in [0.29, 0.717) is 27.5 Å². The van der Waals surface area contributed by atoms with Crippen molar-refractivity contribution in [2.24, 2.45) is 0 Å². The Hall–Kier alpha value is -3.52. The lowest BCUT2D eigenvalue weighted by molar-refractivity contribution is 0.0600. The van der Waals surface area contributed by atoms with Crippen LogP contribution in [0.15, 0.2) is 53.3 Å². The summed E-state index contributed by atoms with van der Waals surface area (Å²) < 4.78 is 12.2. The maximum absolute atomic E-state index is 12.7. The summed E-state index contributed by atoms with van der Waals surface area (Å²) in [6.45, 7) is 2.81. The first-order chi connectivity index (χ1) is 15.1. The standard InChI is InChI=1S/C23H21N3O4S/c1-3-4-13-30-18-11-9-16(10-12-18)20-24-23-26(25-20)21(27)19(31-23)14-15-5-7-17(8-6-15)22(28)29-2/h5-12,14H,3-4,13H2,1-2H3. The van der Waals surface area contributed by atoms with Gasteiger partial charge in [0.2, 0.25) is 4.96 Å². The summed E-state index contributed by atoms with van der Waals surface area (Å²) in [5, 5.41) is 4.38. The molecule has 0 bridgehead atoms. The first-order valence-electron chi connectivity index (χ1n) is 9.92. The molecule has 0 N–H and O–H groups in total. The Morgan fingerprint density at radius 3 is 2.52 bits per heavy atom. The monoisotopic (exact) mass is 435 g/mol. The fourth-order valence-corrected chi connectivity index (χ4v) is 3.88. The van der Waals surface area contributed by atoms with Crippen LogP contribution in [0.1, 0.15) is 35.7 Å². The van der Waals surface area contributed by atoms with Gasteiger partial charge in [0.25, 0.3) is 5.56 Å². The SMILES string of the molecule is CCCCOc1ccc(-c2nc3sc(=Cc4ccc(C(=O)OC)cc4)c(=O)n3n2)cc1. The second-order valence-electron chi connectivity index (χ2n) is 6.89. The summed E-state index contributed by atoms with van der Waals surface area (Å²) in [5.74, 6) is 0.901. The second kappa shape index (κ2) is 9.09. The van der Waals surface area contributed by atoms with Crippen molar-refractivity contribution in [3.05, 3.63) is 74.5 Å². The van der Waals surface area contributed by atoms with Gasteiger partial charge in [-0.2, -0.15) is 9.50 Å². The molecule has 4 aromatic rings. The molecule has 8 heteroatoms. The van der Waals surface area contributed by atoms with Crippen LogP contribution < -0.4 is 14.8 Å². The summed E-state index contributed by atoms with van der Waals surface area (Å²) in [6.07, 6.45) is 3.86. The van der Waals surface area contributed by atoms with E-state index < -0.39 is 5.97 Å². The van der Waals surface area contributed by atoms with Gasteiger partial charge in [-0.25, -0.2) is 4.79 Å². The van der Waals surface area contributed by atoms with Crippen LogP contribution in [-0.2, 0) is 4.74 Å². The molecule has 0 fully saturated rings. The van der Waals surface area contributed by atoms with E-state index in [0.717, 1.165) is 29.7 Å². The molecule has 4 rings (SSSR count). The number of methoxy groups -OCH3 is 1. The van der Waals surface area contributed by atoms with Crippen LogP contribution in [0.4, 0.5) is 0 Å². The summed E-state index contributed by atoms with van der Waals surface area (Å²) in [7, 11) is 1.34. The molecule has 0 saturated carbocycles. The van der Waals surface area contributed by atoms with Crippen LogP contribution in [0.2, 0.25) is 0 Å². The number of nitrogens with zero attached hydrogens (tertiary/aromatic N) is 3. The van der Waals surface area contributed by atoms with Crippen molar-refractivity contribution in [2.45, 2.75) is 19.8 Å². The highest BCUT2D eigenvalue weighted by Crippen LogP contribution is 2.20. The van der Waals surface area contributed by atoms with Crippen molar-refractivity contribution in [1.82, 2.24) is 14.6 Å². The minimum absolute atomic E-state index is 0.227. The van der Waals surface area contributed by atoms with Gasteiger partial charge < -0.3 is 9.47 Å². The van der Waals surface area contributed by atoms with Gasteiger partial charge in [-0.05, 0) is 54.5 Å². The quantitative estimate of drug-likeness (QED) is 0.327. The number of hydrogen-bond acceptors (Lipinski definition) is 7. The van der Waals surface area contributed by atoms with Crippen molar-refractivity contribution >= 4 is 28.3 Å². The van der Waals surface area contributed by atoms with Gasteiger partial charge in [-0.1, -0.05) is 36.8 Å². The van der Waals surface area contributed by atoms with E-state index >= 15 is 0 Å². The topological polar surface area (TPSA) is 82.8 Å². The number of aromatic nitrogens is 3. The molecule has 158 valence electrons. The molecule has 0 aliphatic heterocycles. The van der Waals surface area contributed by atoms with Crippen molar-refractivity contribution in [1.29, 1.82) is 0 Å². The molecule has 0 saturated heterocycles. The molecular weight excluding hydrogens is 414 g/mol. The predicted octanol–water partition coefficient (Wildman–Crippen LogP) is 3.33. The van der Waals surface area contributed by atoms with Crippen molar-refractivity contribution in [3.63, 3.8) is 0 Å². The molecule has 0 atom stereocenters.